The first-order chi connectivity index (χ1) is 9.16. The summed E-state index contributed by atoms with van der Waals surface area (Å²) in [5, 5.41) is 9.32. The monoisotopic (exact) mass is 263 g/mol. The maximum Gasteiger partial charge on any atom is 0.356 e. The lowest BCUT2D eigenvalue weighted by molar-refractivity contribution is 0.0689. The Hall–Kier alpha value is -1.36. The second-order valence-electron chi connectivity index (χ2n) is 5.78. The van der Waals surface area contributed by atoms with E-state index in [1.54, 1.807) is 0 Å². The Morgan fingerprint density at radius 2 is 2.16 bits per heavy atom. The lowest BCUT2D eigenvalue weighted by Crippen LogP contribution is -2.32. The van der Waals surface area contributed by atoms with Gasteiger partial charge in [-0.2, -0.15) is 0 Å². The lowest BCUT2D eigenvalue weighted by Gasteiger charge is -2.30. The van der Waals surface area contributed by atoms with Gasteiger partial charge in [0.25, 0.3) is 0 Å². The molecule has 0 bridgehead atoms. The van der Waals surface area contributed by atoms with Gasteiger partial charge >= 0.3 is 5.97 Å². The number of aromatic carboxylic acids is 1. The number of fused-ring (bicyclic) bond motifs is 1. The number of imidazole rings is 1. The zero-order valence-corrected chi connectivity index (χ0v) is 11.4. The van der Waals surface area contributed by atoms with Crippen LogP contribution in [-0.4, -0.2) is 45.7 Å². The maximum absolute atomic E-state index is 11.3. The molecule has 1 N–H and O–H groups in total. The fourth-order valence-corrected chi connectivity index (χ4v) is 3.43. The van der Waals surface area contributed by atoms with E-state index >= 15 is 0 Å². The molecule has 0 aliphatic carbocycles. The normalized spacial score (nSPS) is 24.2. The van der Waals surface area contributed by atoms with Gasteiger partial charge in [0.2, 0.25) is 0 Å². The first kappa shape index (κ1) is 12.7. The Bertz CT molecular complexity index is 495. The van der Waals surface area contributed by atoms with Crippen molar-refractivity contribution in [2.75, 3.05) is 20.1 Å². The number of likely N-dealkylation sites (N-methyl/N-ethyl adjacent to an activating group) is 1. The van der Waals surface area contributed by atoms with Gasteiger partial charge in [-0.15, -0.1) is 0 Å². The Morgan fingerprint density at radius 1 is 1.32 bits per heavy atom. The number of likely N-dealkylation sites (tertiary alicyclic amines) is 1. The molecular formula is C14H21N3O2. The smallest absolute Gasteiger partial charge is 0.356 e. The molecule has 0 radical (unpaired) electrons. The van der Waals surface area contributed by atoms with Crippen LogP contribution in [0.25, 0.3) is 0 Å². The highest BCUT2D eigenvalue weighted by molar-refractivity contribution is 5.87. The van der Waals surface area contributed by atoms with Crippen LogP contribution in [0.5, 0.6) is 0 Å². The number of carboxylic acid groups (broad SMARTS) is 1. The van der Waals surface area contributed by atoms with Gasteiger partial charge < -0.3 is 14.6 Å². The van der Waals surface area contributed by atoms with E-state index in [2.05, 4.69) is 21.5 Å². The first-order valence-corrected chi connectivity index (χ1v) is 7.18. The van der Waals surface area contributed by atoms with Crippen molar-refractivity contribution in [2.24, 2.45) is 0 Å². The predicted molar refractivity (Wildman–Crippen MR) is 71.6 cm³/mol. The summed E-state index contributed by atoms with van der Waals surface area (Å²) in [6, 6.07) is 0. The van der Waals surface area contributed by atoms with Crippen molar-refractivity contribution in [2.45, 2.75) is 44.6 Å². The van der Waals surface area contributed by atoms with Gasteiger partial charge in [-0.3, -0.25) is 0 Å². The molecule has 0 amide bonds. The lowest BCUT2D eigenvalue weighted by atomic mass is 9.97. The summed E-state index contributed by atoms with van der Waals surface area (Å²) in [6.45, 7) is 3.07. The van der Waals surface area contributed by atoms with Gasteiger partial charge in [0.15, 0.2) is 5.69 Å². The van der Waals surface area contributed by atoms with Crippen molar-refractivity contribution >= 4 is 5.97 Å². The number of hydrogen-bond donors (Lipinski definition) is 1. The third-order valence-electron chi connectivity index (χ3n) is 4.34. The van der Waals surface area contributed by atoms with Crippen LogP contribution in [0.2, 0.25) is 0 Å². The number of hydrogen-bond acceptors (Lipinski definition) is 3. The molecule has 0 spiro atoms. The van der Waals surface area contributed by atoms with Crippen LogP contribution in [0.15, 0.2) is 0 Å². The first-order valence-electron chi connectivity index (χ1n) is 7.18. The third kappa shape index (κ3) is 2.27. The molecule has 104 valence electrons. The number of nitrogens with zero attached hydrogens (tertiary/aromatic N) is 3. The van der Waals surface area contributed by atoms with Crippen LogP contribution in [0, 0.1) is 0 Å². The zero-order chi connectivity index (χ0) is 13.4. The fraction of sp³-hybridized carbons (Fsp3) is 0.714. The van der Waals surface area contributed by atoms with E-state index in [0.29, 0.717) is 11.6 Å². The summed E-state index contributed by atoms with van der Waals surface area (Å²) in [5.41, 5.74) is 1.24. The number of rotatable bonds is 2. The average Bonchev–Trinajstić information content (AvgIpc) is 2.78. The van der Waals surface area contributed by atoms with Crippen LogP contribution in [0.4, 0.5) is 0 Å². The van der Waals surface area contributed by atoms with E-state index in [9.17, 15) is 9.90 Å². The van der Waals surface area contributed by atoms with E-state index in [-0.39, 0.29) is 0 Å². The van der Waals surface area contributed by atoms with Gasteiger partial charge in [-0.25, -0.2) is 9.78 Å². The van der Waals surface area contributed by atoms with Crippen LogP contribution in [0.3, 0.4) is 0 Å². The van der Waals surface area contributed by atoms with E-state index in [1.165, 1.54) is 6.42 Å². The van der Waals surface area contributed by atoms with E-state index in [4.69, 9.17) is 0 Å². The molecule has 1 atom stereocenters. The van der Waals surface area contributed by atoms with Crippen molar-refractivity contribution in [3.8, 4) is 0 Å². The highest BCUT2D eigenvalue weighted by Gasteiger charge is 2.29. The van der Waals surface area contributed by atoms with Gasteiger partial charge in [0.05, 0.1) is 5.69 Å². The molecule has 5 nitrogen and oxygen atoms in total. The Labute approximate surface area is 113 Å². The molecule has 3 heterocycles. The maximum atomic E-state index is 11.3. The topological polar surface area (TPSA) is 58.4 Å². The highest BCUT2D eigenvalue weighted by atomic mass is 16.4. The van der Waals surface area contributed by atoms with Crippen molar-refractivity contribution in [3.63, 3.8) is 0 Å². The van der Waals surface area contributed by atoms with Gasteiger partial charge in [-0.1, -0.05) is 0 Å². The summed E-state index contributed by atoms with van der Waals surface area (Å²) >= 11 is 0. The van der Waals surface area contributed by atoms with Crippen LogP contribution >= 0.6 is 0 Å². The summed E-state index contributed by atoms with van der Waals surface area (Å²) in [4.78, 5) is 18.2. The molecule has 5 heteroatoms. The molecule has 1 fully saturated rings. The van der Waals surface area contributed by atoms with Crippen molar-refractivity contribution in [1.82, 2.24) is 14.5 Å². The Kier molecular flexibility index (Phi) is 3.31. The van der Waals surface area contributed by atoms with Crippen LogP contribution in [0.1, 0.15) is 53.6 Å². The molecule has 19 heavy (non-hydrogen) atoms. The predicted octanol–water partition coefficient (Wildman–Crippen LogP) is 1.73. The minimum Gasteiger partial charge on any atom is -0.476 e. The fourth-order valence-electron chi connectivity index (χ4n) is 3.43. The Balaban J connectivity index is 1.98. The average molecular weight is 263 g/mol. The van der Waals surface area contributed by atoms with Crippen LogP contribution in [-0.2, 0) is 13.0 Å². The molecule has 1 aromatic rings. The molecule has 0 aromatic carbocycles. The van der Waals surface area contributed by atoms with Gasteiger partial charge in [0, 0.05) is 19.0 Å². The summed E-state index contributed by atoms with van der Waals surface area (Å²) in [7, 11) is 2.13. The standard InChI is InChI=1S/C14H21N3O2/c1-16-7-4-5-10(9-16)13-15-12(14(18)19)11-6-2-3-8-17(11)13/h10H,2-9H2,1H3,(H,18,19). The number of carbonyl (C=O) groups is 1. The second-order valence-corrected chi connectivity index (χ2v) is 5.78. The van der Waals surface area contributed by atoms with Crippen molar-refractivity contribution < 1.29 is 9.90 Å². The minimum absolute atomic E-state index is 0.294. The quantitative estimate of drug-likeness (QED) is 0.882. The molecule has 3 rings (SSSR count). The molecule has 1 saturated heterocycles. The number of carboxylic acids is 1. The minimum atomic E-state index is -0.874. The molecule has 0 saturated carbocycles. The zero-order valence-electron chi connectivity index (χ0n) is 11.4. The number of piperidine rings is 1. The molecule has 1 unspecified atom stereocenters. The molecule has 1 aromatic heterocycles. The van der Waals surface area contributed by atoms with Gasteiger partial charge in [-0.05, 0) is 45.7 Å². The van der Waals surface area contributed by atoms with E-state index in [1.807, 2.05) is 0 Å². The van der Waals surface area contributed by atoms with E-state index in [0.717, 1.165) is 56.8 Å². The number of aromatic nitrogens is 2. The second kappa shape index (κ2) is 4.96. The summed E-state index contributed by atoms with van der Waals surface area (Å²) < 4.78 is 2.19. The van der Waals surface area contributed by atoms with Crippen molar-refractivity contribution in [1.29, 1.82) is 0 Å². The molecule has 2 aliphatic rings. The van der Waals surface area contributed by atoms with Gasteiger partial charge in [0.1, 0.15) is 5.82 Å². The summed E-state index contributed by atoms with van der Waals surface area (Å²) in [6.07, 6.45) is 5.37. The van der Waals surface area contributed by atoms with E-state index < -0.39 is 5.97 Å². The molecule has 2 aliphatic heterocycles. The summed E-state index contributed by atoms with van der Waals surface area (Å²) in [5.74, 6) is 0.531. The largest absolute Gasteiger partial charge is 0.476 e. The molecular weight excluding hydrogens is 242 g/mol. The van der Waals surface area contributed by atoms with Crippen LogP contribution < -0.4 is 0 Å². The third-order valence-corrected chi connectivity index (χ3v) is 4.34. The Morgan fingerprint density at radius 3 is 2.89 bits per heavy atom. The highest BCUT2D eigenvalue weighted by Crippen LogP contribution is 2.30. The SMILES string of the molecule is CN1CCCC(c2nc(C(=O)O)c3n2CCCC3)C1. The van der Waals surface area contributed by atoms with Crippen molar-refractivity contribution in [3.05, 3.63) is 17.2 Å².